The predicted octanol–water partition coefficient (Wildman–Crippen LogP) is 3.62. The first kappa shape index (κ1) is 22.7. The highest BCUT2D eigenvalue weighted by Crippen LogP contribution is 2.37. The molecule has 3 heterocycles. The summed E-state index contributed by atoms with van der Waals surface area (Å²) in [7, 11) is 0. The summed E-state index contributed by atoms with van der Waals surface area (Å²) in [6, 6.07) is 2.21. The fraction of sp³-hybridized carbons (Fsp3) is 0.545. The van der Waals surface area contributed by atoms with Crippen molar-refractivity contribution >= 4 is 17.9 Å². The molecule has 1 aromatic heterocycles. The fourth-order valence-corrected chi connectivity index (χ4v) is 4.52. The van der Waals surface area contributed by atoms with Gasteiger partial charge in [-0.15, -0.1) is 0 Å². The highest BCUT2D eigenvalue weighted by atomic mass is 32.2. The maximum absolute atomic E-state index is 11.4. The van der Waals surface area contributed by atoms with Crippen LogP contribution in [0.5, 0.6) is 5.88 Å². The molecule has 164 valence electrons. The van der Waals surface area contributed by atoms with Gasteiger partial charge in [-0.05, 0) is 51.6 Å². The normalized spacial score (nSPS) is 14.8. The van der Waals surface area contributed by atoms with Gasteiger partial charge in [0.15, 0.2) is 0 Å². The molecule has 0 fully saturated rings. The Kier molecular flexibility index (Phi) is 7.44. The fourth-order valence-electron chi connectivity index (χ4n) is 4.14. The number of carbonyl (C=O) groups excluding carboxylic acids is 1. The maximum Gasteiger partial charge on any atom is 0.227 e. The summed E-state index contributed by atoms with van der Waals surface area (Å²) in [5, 5.41) is 9.52. The summed E-state index contributed by atoms with van der Waals surface area (Å²) in [6.07, 6.45) is 3.10. The van der Waals surface area contributed by atoms with E-state index in [2.05, 4.69) is 38.9 Å². The van der Waals surface area contributed by atoms with Crippen molar-refractivity contribution in [3.05, 3.63) is 40.1 Å². The molecule has 1 aromatic carbocycles. The molecular formula is C22H32N4O3S. The van der Waals surface area contributed by atoms with Crippen molar-refractivity contribution in [1.29, 1.82) is 0 Å². The zero-order chi connectivity index (χ0) is 21.8. The van der Waals surface area contributed by atoms with Crippen LogP contribution in [0.15, 0.2) is 17.2 Å². The Balaban J connectivity index is 0.000000196. The van der Waals surface area contributed by atoms with Crippen molar-refractivity contribution in [1.82, 2.24) is 9.78 Å². The molecule has 1 amide bonds. The minimum Gasteiger partial charge on any atom is -0.477 e. The van der Waals surface area contributed by atoms with Crippen LogP contribution in [0.2, 0.25) is 0 Å². The highest BCUT2D eigenvalue weighted by molar-refractivity contribution is 7.97. The molecule has 4 N–H and O–H groups in total. The minimum atomic E-state index is -0.261. The smallest absolute Gasteiger partial charge is 0.227 e. The number of hydrogen-bond acceptors (Lipinski definition) is 6. The van der Waals surface area contributed by atoms with Gasteiger partial charge in [-0.3, -0.25) is 9.93 Å². The maximum atomic E-state index is 11.4. The number of carbonyl (C=O) groups is 1. The van der Waals surface area contributed by atoms with Crippen molar-refractivity contribution in [3.8, 4) is 5.88 Å². The van der Waals surface area contributed by atoms with Gasteiger partial charge in [0.2, 0.25) is 11.8 Å². The van der Waals surface area contributed by atoms with Gasteiger partial charge in [-0.25, -0.2) is 4.68 Å². The second kappa shape index (κ2) is 9.85. The summed E-state index contributed by atoms with van der Waals surface area (Å²) in [6.45, 7) is 11.7. The molecular weight excluding hydrogens is 400 g/mol. The van der Waals surface area contributed by atoms with Crippen molar-refractivity contribution in [2.45, 2.75) is 77.0 Å². The van der Waals surface area contributed by atoms with Gasteiger partial charge in [0, 0.05) is 13.0 Å². The Morgan fingerprint density at radius 3 is 2.67 bits per heavy atom. The number of nitrogens with two attached hydrogens (primary N) is 2. The van der Waals surface area contributed by atoms with E-state index >= 15 is 0 Å². The van der Waals surface area contributed by atoms with Gasteiger partial charge in [-0.2, -0.15) is 5.10 Å². The average Bonchev–Trinajstić information content (AvgIpc) is 3.33. The van der Waals surface area contributed by atoms with E-state index in [0.717, 1.165) is 35.9 Å². The van der Waals surface area contributed by atoms with Crippen LogP contribution in [-0.2, 0) is 35.7 Å². The van der Waals surface area contributed by atoms with Gasteiger partial charge in [-0.1, -0.05) is 33.8 Å². The molecule has 0 aliphatic carbocycles. The summed E-state index contributed by atoms with van der Waals surface area (Å²) in [5.41, 5.74) is 11.6. The molecule has 0 saturated heterocycles. The van der Waals surface area contributed by atoms with E-state index in [4.69, 9.17) is 20.3 Å². The zero-order valence-electron chi connectivity index (χ0n) is 18.2. The Morgan fingerprint density at radius 2 is 2.03 bits per heavy atom. The van der Waals surface area contributed by atoms with Gasteiger partial charge in [0.25, 0.3) is 0 Å². The van der Waals surface area contributed by atoms with Crippen LogP contribution in [0, 0.1) is 0 Å². The Labute approximate surface area is 182 Å². The summed E-state index contributed by atoms with van der Waals surface area (Å²) in [5.74, 6) is 1.33. The number of fused-ring (bicyclic) bond motifs is 2. The van der Waals surface area contributed by atoms with Crippen LogP contribution in [0.3, 0.4) is 0 Å². The summed E-state index contributed by atoms with van der Waals surface area (Å²) in [4.78, 5) is 12.3. The molecule has 2 aromatic rings. The van der Waals surface area contributed by atoms with Crippen LogP contribution >= 0.6 is 11.9 Å². The van der Waals surface area contributed by atoms with Crippen LogP contribution in [0.4, 0.5) is 0 Å². The third kappa shape index (κ3) is 4.82. The number of aryl methyl sites for hydroxylation is 1. The van der Waals surface area contributed by atoms with Crippen molar-refractivity contribution in [3.63, 3.8) is 0 Å². The van der Waals surface area contributed by atoms with Crippen molar-refractivity contribution < 1.29 is 14.3 Å². The molecule has 0 unspecified atom stereocenters. The molecule has 0 atom stereocenters. The average molecular weight is 433 g/mol. The predicted molar refractivity (Wildman–Crippen MR) is 118 cm³/mol. The van der Waals surface area contributed by atoms with Crippen LogP contribution in [0.1, 0.15) is 73.8 Å². The van der Waals surface area contributed by atoms with E-state index in [-0.39, 0.29) is 5.91 Å². The molecule has 30 heavy (non-hydrogen) atoms. The molecule has 2 aliphatic rings. The summed E-state index contributed by atoms with van der Waals surface area (Å²) >= 11 is 1.18. The van der Waals surface area contributed by atoms with Crippen LogP contribution in [-0.4, -0.2) is 22.3 Å². The zero-order valence-corrected chi connectivity index (χ0v) is 19.1. The largest absolute Gasteiger partial charge is 0.477 e. The lowest BCUT2D eigenvalue weighted by molar-refractivity contribution is -0.117. The first-order valence-electron chi connectivity index (χ1n) is 10.4. The standard InChI is InChI=1S/C16H23NO2.C6H9N3OS/c1-9(2)12-5-11-7-19-8-14(11)16(10(3)4)13(12)6-15(17)18;7-11-5-4-8-9-2-1-3-10-6(5)9/h5,9-10H,6-8H2,1-4H3,(H2,17,18);4H,1-3,7H2. The van der Waals surface area contributed by atoms with Gasteiger partial charge >= 0.3 is 0 Å². The SMILES string of the molecule is CC(C)c1cc2c(c(C(C)C)c1CC(N)=O)COC2.NSc1cnn2c1OCCC2. The monoisotopic (exact) mass is 432 g/mol. The lowest BCUT2D eigenvalue weighted by atomic mass is 9.82. The summed E-state index contributed by atoms with van der Waals surface area (Å²) < 4.78 is 12.8. The number of ether oxygens (including phenoxy) is 2. The second-order valence-corrected chi connectivity index (χ2v) is 8.97. The van der Waals surface area contributed by atoms with Gasteiger partial charge < -0.3 is 15.2 Å². The Hall–Kier alpha value is -2.03. The lowest BCUT2D eigenvalue weighted by Gasteiger charge is -2.22. The second-order valence-electron chi connectivity index (χ2n) is 8.30. The number of aromatic nitrogens is 2. The molecule has 0 radical (unpaired) electrons. The molecule has 8 heteroatoms. The van der Waals surface area contributed by atoms with E-state index in [0.29, 0.717) is 31.5 Å². The number of rotatable bonds is 5. The molecule has 0 bridgehead atoms. The number of nitrogens with zero attached hydrogens (tertiary/aromatic N) is 2. The Bertz CT molecular complexity index is 895. The lowest BCUT2D eigenvalue weighted by Crippen LogP contribution is -2.18. The molecule has 0 spiro atoms. The molecule has 0 saturated carbocycles. The van der Waals surface area contributed by atoms with Gasteiger partial charge in [0.1, 0.15) is 4.90 Å². The van der Waals surface area contributed by atoms with Crippen molar-refractivity contribution in [2.75, 3.05) is 6.61 Å². The third-order valence-corrected chi connectivity index (χ3v) is 5.94. The van der Waals surface area contributed by atoms with Crippen LogP contribution < -0.4 is 15.6 Å². The third-order valence-electron chi connectivity index (χ3n) is 5.41. The molecule has 4 rings (SSSR count). The quantitative estimate of drug-likeness (QED) is 0.699. The first-order chi connectivity index (χ1) is 14.3. The van der Waals surface area contributed by atoms with E-state index in [9.17, 15) is 4.79 Å². The topological polar surface area (TPSA) is 105 Å². The number of hydrogen-bond donors (Lipinski definition) is 2. The highest BCUT2D eigenvalue weighted by Gasteiger charge is 2.25. The van der Waals surface area contributed by atoms with Crippen LogP contribution in [0.25, 0.3) is 0 Å². The van der Waals surface area contributed by atoms with E-state index in [1.54, 1.807) is 6.20 Å². The number of primary amides is 1. The number of benzene rings is 1. The van der Waals surface area contributed by atoms with E-state index in [1.165, 1.54) is 34.2 Å². The van der Waals surface area contributed by atoms with E-state index < -0.39 is 0 Å². The minimum absolute atomic E-state index is 0.261. The Morgan fingerprint density at radius 1 is 1.27 bits per heavy atom. The molecule has 2 aliphatic heterocycles. The van der Waals surface area contributed by atoms with Gasteiger partial charge in [0.05, 0.1) is 32.4 Å². The number of amides is 1. The van der Waals surface area contributed by atoms with Crippen molar-refractivity contribution in [2.24, 2.45) is 10.9 Å². The van der Waals surface area contributed by atoms with E-state index in [1.807, 2.05) is 4.68 Å². The molecule has 7 nitrogen and oxygen atoms in total. The first-order valence-corrected chi connectivity index (χ1v) is 11.3.